The van der Waals surface area contributed by atoms with Gasteiger partial charge in [-0.25, -0.2) is 0 Å². The Balaban J connectivity index is 1.02. The first-order chi connectivity index (χ1) is 29.4. The quantitative estimate of drug-likeness (QED) is 0.139. The lowest BCUT2D eigenvalue weighted by Crippen LogP contribution is -2.40. The lowest BCUT2D eigenvalue weighted by Gasteiger charge is -2.44. The molecule has 0 aliphatic heterocycles. The highest BCUT2D eigenvalue weighted by atomic mass is 15.2. The molecule has 0 saturated heterocycles. The Morgan fingerprint density at radius 2 is 0.918 bits per heavy atom. The van der Waals surface area contributed by atoms with Gasteiger partial charge in [-0.3, -0.25) is 0 Å². The zero-order valence-corrected chi connectivity index (χ0v) is 36.9. The molecule has 0 saturated carbocycles. The van der Waals surface area contributed by atoms with Crippen molar-refractivity contribution in [3.05, 3.63) is 203 Å². The SMILES string of the molecule is CCC(C)(c1ccc2c(c1)C(C)(C)c1ccccc1-2)c1ccc2c(c1)C(C)(C)c1cc(C(C)(CC)N(c3ccccc3)c3ccc4ccc5cccc6ccc3c4c56)ccc1-2. The fourth-order valence-electron chi connectivity index (χ4n) is 11.7. The van der Waals surface area contributed by atoms with E-state index >= 15 is 0 Å². The molecule has 0 heterocycles. The van der Waals surface area contributed by atoms with E-state index in [4.69, 9.17) is 0 Å². The zero-order chi connectivity index (χ0) is 42.1. The average Bonchev–Trinajstić information content (AvgIpc) is 3.67. The average molecular weight is 790 g/mol. The number of para-hydroxylation sites is 1. The van der Waals surface area contributed by atoms with Crippen molar-refractivity contribution in [2.24, 2.45) is 0 Å². The number of benzene rings is 9. The third kappa shape index (κ3) is 5.19. The summed E-state index contributed by atoms with van der Waals surface area (Å²) in [5.41, 5.74) is 17.1. The Bertz CT molecular complexity index is 3190. The van der Waals surface area contributed by atoms with Gasteiger partial charge in [-0.1, -0.05) is 194 Å². The van der Waals surface area contributed by atoms with Crippen LogP contribution in [-0.2, 0) is 21.8 Å². The van der Waals surface area contributed by atoms with Crippen LogP contribution in [0.4, 0.5) is 11.4 Å². The van der Waals surface area contributed by atoms with Crippen molar-refractivity contribution in [3.8, 4) is 22.3 Å². The Morgan fingerprint density at radius 1 is 0.426 bits per heavy atom. The Hall–Kier alpha value is -6.18. The van der Waals surface area contributed by atoms with E-state index in [0.717, 1.165) is 12.8 Å². The molecule has 0 N–H and O–H groups in total. The Morgan fingerprint density at radius 3 is 1.52 bits per heavy atom. The molecule has 2 aliphatic carbocycles. The second-order valence-corrected chi connectivity index (χ2v) is 19.5. The minimum absolute atomic E-state index is 0.0289. The van der Waals surface area contributed by atoms with Crippen LogP contribution in [0.5, 0.6) is 0 Å². The zero-order valence-electron chi connectivity index (χ0n) is 36.9. The van der Waals surface area contributed by atoms with E-state index in [0.29, 0.717) is 0 Å². The Labute approximate surface area is 362 Å². The van der Waals surface area contributed by atoms with Gasteiger partial charge in [-0.05, 0) is 126 Å². The monoisotopic (exact) mass is 789 g/mol. The first-order valence-electron chi connectivity index (χ1n) is 22.5. The minimum atomic E-state index is -0.350. The summed E-state index contributed by atoms with van der Waals surface area (Å²) in [5.74, 6) is 0. The van der Waals surface area contributed by atoms with E-state index in [1.165, 1.54) is 105 Å². The molecule has 61 heavy (non-hydrogen) atoms. The molecule has 0 bridgehead atoms. The van der Waals surface area contributed by atoms with E-state index in [9.17, 15) is 0 Å². The first-order valence-corrected chi connectivity index (χ1v) is 22.5. The normalized spacial score (nSPS) is 16.5. The van der Waals surface area contributed by atoms with E-state index in [1.807, 2.05) is 0 Å². The van der Waals surface area contributed by atoms with Crippen LogP contribution in [0.3, 0.4) is 0 Å². The highest BCUT2D eigenvalue weighted by molar-refractivity contribution is 6.25. The van der Waals surface area contributed by atoms with Crippen LogP contribution in [0.1, 0.15) is 107 Å². The molecule has 9 aromatic carbocycles. The summed E-state index contributed by atoms with van der Waals surface area (Å²) in [6.45, 7) is 19.3. The van der Waals surface area contributed by atoms with Gasteiger partial charge in [-0.2, -0.15) is 0 Å². The van der Waals surface area contributed by atoms with Crippen LogP contribution < -0.4 is 4.90 Å². The molecule has 2 unspecified atom stereocenters. The molecular weight excluding hydrogens is 735 g/mol. The van der Waals surface area contributed by atoms with Crippen LogP contribution in [0.15, 0.2) is 164 Å². The number of rotatable bonds is 8. The van der Waals surface area contributed by atoms with Crippen molar-refractivity contribution in [1.29, 1.82) is 0 Å². The summed E-state index contributed by atoms with van der Waals surface area (Å²) < 4.78 is 0. The molecule has 11 rings (SSSR count). The third-order valence-electron chi connectivity index (χ3n) is 15.8. The van der Waals surface area contributed by atoms with Gasteiger partial charge in [0.15, 0.2) is 0 Å². The highest BCUT2D eigenvalue weighted by Crippen LogP contribution is 2.55. The second-order valence-electron chi connectivity index (χ2n) is 19.5. The van der Waals surface area contributed by atoms with E-state index in [1.54, 1.807) is 0 Å². The smallest absolute Gasteiger partial charge is 0.0672 e. The van der Waals surface area contributed by atoms with Gasteiger partial charge >= 0.3 is 0 Å². The number of hydrogen-bond acceptors (Lipinski definition) is 1. The van der Waals surface area contributed by atoms with Gasteiger partial charge in [0, 0.05) is 33.0 Å². The van der Waals surface area contributed by atoms with Crippen molar-refractivity contribution < 1.29 is 0 Å². The standard InChI is InChI=1S/C60H55N/c1-9-59(7,41-27-31-46-45-21-14-15-22-50(45)57(3,4)51(46)35-41)42-28-32-47-48-33-29-43(37-53(48)58(5,6)52(47)36-42)60(8,10-2)61(44-19-12-11-13-20-44)54-34-26-40-24-23-38-17-16-18-39-25-30-49(54)56(40)55(38)39/h11-37H,9-10H2,1-8H3. The number of nitrogens with zero attached hydrogens (tertiary/aromatic N) is 1. The molecule has 0 fully saturated rings. The fourth-order valence-corrected chi connectivity index (χ4v) is 11.7. The van der Waals surface area contributed by atoms with Gasteiger partial charge in [0.2, 0.25) is 0 Å². The molecule has 300 valence electrons. The maximum absolute atomic E-state index is 2.64. The first kappa shape index (κ1) is 37.8. The lowest BCUT2D eigenvalue weighted by atomic mass is 9.70. The van der Waals surface area contributed by atoms with Crippen molar-refractivity contribution >= 4 is 43.7 Å². The molecule has 1 heteroatoms. The van der Waals surface area contributed by atoms with Crippen molar-refractivity contribution in [2.75, 3.05) is 4.90 Å². The predicted octanol–water partition coefficient (Wildman–Crippen LogP) is 16.4. The molecule has 0 aromatic heterocycles. The number of hydrogen-bond donors (Lipinski definition) is 0. The second kappa shape index (κ2) is 13.2. The van der Waals surface area contributed by atoms with Gasteiger partial charge < -0.3 is 4.90 Å². The number of fused-ring (bicyclic) bond motifs is 6. The fraction of sp³-hybridized carbons (Fsp3) is 0.233. The van der Waals surface area contributed by atoms with Crippen molar-refractivity contribution in [1.82, 2.24) is 0 Å². The van der Waals surface area contributed by atoms with Gasteiger partial charge in [0.05, 0.1) is 5.54 Å². The summed E-state index contributed by atoms with van der Waals surface area (Å²) >= 11 is 0. The maximum Gasteiger partial charge on any atom is 0.0672 e. The summed E-state index contributed by atoms with van der Waals surface area (Å²) in [6.07, 6.45) is 1.94. The van der Waals surface area contributed by atoms with Gasteiger partial charge in [0.1, 0.15) is 0 Å². The summed E-state index contributed by atoms with van der Waals surface area (Å²) in [4.78, 5) is 2.64. The van der Waals surface area contributed by atoms with Crippen LogP contribution >= 0.6 is 0 Å². The molecule has 0 spiro atoms. The van der Waals surface area contributed by atoms with Crippen LogP contribution in [0, 0.1) is 0 Å². The van der Waals surface area contributed by atoms with E-state index < -0.39 is 0 Å². The maximum atomic E-state index is 2.64. The van der Waals surface area contributed by atoms with Gasteiger partial charge in [0.25, 0.3) is 0 Å². The largest absolute Gasteiger partial charge is 0.331 e. The van der Waals surface area contributed by atoms with E-state index in [-0.39, 0.29) is 21.8 Å². The van der Waals surface area contributed by atoms with Crippen molar-refractivity contribution in [2.45, 2.75) is 90.0 Å². The molecule has 2 aliphatic rings. The predicted molar refractivity (Wildman–Crippen MR) is 261 cm³/mol. The Kier molecular flexibility index (Phi) is 8.15. The topological polar surface area (TPSA) is 3.24 Å². The molecular formula is C60H55N. The highest BCUT2D eigenvalue weighted by Gasteiger charge is 2.42. The molecule has 1 nitrogen and oxygen atoms in total. The van der Waals surface area contributed by atoms with E-state index in [2.05, 4.69) is 224 Å². The summed E-state index contributed by atoms with van der Waals surface area (Å²) in [7, 11) is 0. The van der Waals surface area contributed by atoms with Gasteiger partial charge in [-0.15, -0.1) is 0 Å². The van der Waals surface area contributed by atoms with Crippen LogP contribution in [0.25, 0.3) is 54.6 Å². The van der Waals surface area contributed by atoms with Crippen LogP contribution in [0.2, 0.25) is 0 Å². The molecule has 9 aromatic rings. The molecule has 0 radical (unpaired) electrons. The van der Waals surface area contributed by atoms with Crippen molar-refractivity contribution in [3.63, 3.8) is 0 Å². The summed E-state index contributed by atoms with van der Waals surface area (Å²) in [6, 6.07) is 62.8. The summed E-state index contributed by atoms with van der Waals surface area (Å²) in [5, 5.41) is 7.87. The lowest BCUT2D eigenvalue weighted by molar-refractivity contribution is 0.463. The minimum Gasteiger partial charge on any atom is -0.331 e. The molecule has 0 amide bonds. The molecule has 2 atom stereocenters. The van der Waals surface area contributed by atoms with Crippen LogP contribution in [-0.4, -0.2) is 0 Å². The third-order valence-corrected chi connectivity index (χ3v) is 15.8. The number of anilines is 2.